The van der Waals surface area contributed by atoms with Gasteiger partial charge in [-0.2, -0.15) is 0 Å². The Hall–Kier alpha value is -2.96. The fourth-order valence-electron chi connectivity index (χ4n) is 3.12. The molecule has 0 unspecified atom stereocenters. The van der Waals surface area contributed by atoms with E-state index in [-0.39, 0.29) is 22.6 Å². The van der Waals surface area contributed by atoms with Crippen molar-refractivity contribution in [3.8, 4) is 11.5 Å². The van der Waals surface area contributed by atoms with Crippen molar-refractivity contribution in [3.05, 3.63) is 69.2 Å². The van der Waals surface area contributed by atoms with E-state index in [0.29, 0.717) is 40.4 Å². The topological polar surface area (TPSA) is 76.7 Å². The predicted molar refractivity (Wildman–Crippen MR) is 134 cm³/mol. The third-order valence-electron chi connectivity index (χ3n) is 4.89. The zero-order valence-electron chi connectivity index (χ0n) is 19.3. The summed E-state index contributed by atoms with van der Waals surface area (Å²) < 4.78 is 10.5. The van der Waals surface area contributed by atoms with Crippen LogP contribution in [0.1, 0.15) is 37.5 Å². The Labute approximate surface area is 204 Å². The molecule has 8 heteroatoms. The van der Waals surface area contributed by atoms with Gasteiger partial charge in [-0.15, -0.1) is 0 Å². The summed E-state index contributed by atoms with van der Waals surface area (Å²) in [5.74, 6) is 0.525. The van der Waals surface area contributed by atoms with E-state index in [1.165, 1.54) is 19.3 Å². The summed E-state index contributed by atoms with van der Waals surface area (Å²) in [6.07, 6.45) is 2.92. The maximum absolute atomic E-state index is 12.5. The Morgan fingerprint density at radius 2 is 1.39 bits per heavy atom. The molecular formula is C25H28Cl2N2O4. The summed E-state index contributed by atoms with van der Waals surface area (Å²) in [5, 5.41) is 6.15. The SMILES string of the molecule is CCNC(=O)/C=C(/C)c1cc(/C(C)=C/C(=O)NCc2ccc(OC)cc2)c(Cl)c(OC)c1Cl. The van der Waals surface area contributed by atoms with Crippen molar-refractivity contribution in [3.63, 3.8) is 0 Å². The highest BCUT2D eigenvalue weighted by atomic mass is 35.5. The van der Waals surface area contributed by atoms with Crippen LogP contribution >= 0.6 is 23.2 Å². The number of carbonyl (C=O) groups is 2. The fraction of sp³-hybridized carbons (Fsp3) is 0.280. The van der Waals surface area contributed by atoms with Gasteiger partial charge in [-0.1, -0.05) is 35.3 Å². The van der Waals surface area contributed by atoms with Gasteiger partial charge in [-0.3, -0.25) is 9.59 Å². The Balaban J connectivity index is 2.31. The van der Waals surface area contributed by atoms with E-state index in [0.717, 1.165) is 11.3 Å². The molecule has 0 spiro atoms. The van der Waals surface area contributed by atoms with E-state index < -0.39 is 0 Å². The van der Waals surface area contributed by atoms with Crippen molar-refractivity contribution in [1.29, 1.82) is 0 Å². The van der Waals surface area contributed by atoms with Gasteiger partial charge in [-0.25, -0.2) is 0 Å². The first-order valence-corrected chi connectivity index (χ1v) is 11.1. The predicted octanol–water partition coefficient (Wildman–Crippen LogP) is 5.27. The van der Waals surface area contributed by atoms with Crippen LogP contribution in [0, 0.1) is 0 Å². The molecule has 0 bridgehead atoms. The lowest BCUT2D eigenvalue weighted by Crippen LogP contribution is -2.20. The first kappa shape index (κ1) is 26.3. The highest BCUT2D eigenvalue weighted by Crippen LogP contribution is 2.42. The maximum Gasteiger partial charge on any atom is 0.244 e. The normalized spacial score (nSPS) is 11.7. The van der Waals surface area contributed by atoms with E-state index >= 15 is 0 Å². The second-order valence-electron chi connectivity index (χ2n) is 7.25. The molecule has 0 heterocycles. The molecule has 2 N–H and O–H groups in total. The molecule has 6 nitrogen and oxygen atoms in total. The summed E-state index contributed by atoms with van der Waals surface area (Å²) in [4.78, 5) is 24.5. The molecule has 33 heavy (non-hydrogen) atoms. The average molecular weight is 491 g/mol. The number of rotatable bonds is 9. The zero-order chi connectivity index (χ0) is 24.5. The first-order chi connectivity index (χ1) is 15.7. The number of amides is 2. The number of methoxy groups -OCH3 is 2. The van der Waals surface area contributed by atoms with Crippen LogP contribution in [0.25, 0.3) is 11.1 Å². The molecule has 0 atom stereocenters. The number of likely N-dealkylation sites (N-methyl/N-ethyl adjacent to an activating group) is 1. The summed E-state index contributed by atoms with van der Waals surface area (Å²) in [6, 6.07) is 9.18. The molecule has 2 rings (SSSR count). The minimum absolute atomic E-state index is 0.230. The van der Waals surface area contributed by atoms with Gasteiger partial charge in [0.1, 0.15) is 5.75 Å². The highest BCUT2D eigenvalue weighted by Gasteiger charge is 2.19. The van der Waals surface area contributed by atoms with Gasteiger partial charge in [-0.05, 0) is 55.7 Å². The molecule has 0 aromatic heterocycles. The highest BCUT2D eigenvalue weighted by molar-refractivity contribution is 6.39. The van der Waals surface area contributed by atoms with Crippen LogP contribution < -0.4 is 20.1 Å². The van der Waals surface area contributed by atoms with E-state index in [2.05, 4.69) is 10.6 Å². The number of benzene rings is 2. The molecule has 0 aliphatic heterocycles. The molecule has 0 aliphatic rings. The molecule has 0 saturated heterocycles. The number of hydrogen-bond acceptors (Lipinski definition) is 4. The van der Waals surface area contributed by atoms with Crippen LogP contribution in [0.15, 0.2) is 42.5 Å². The lowest BCUT2D eigenvalue weighted by atomic mass is 9.98. The minimum Gasteiger partial charge on any atom is -0.497 e. The molecule has 0 saturated carbocycles. The summed E-state index contributed by atoms with van der Waals surface area (Å²) in [7, 11) is 3.06. The second kappa shape index (κ2) is 12.3. The number of ether oxygens (including phenoxy) is 2. The number of hydrogen-bond donors (Lipinski definition) is 2. The standard InChI is InChI=1S/C25H28Cl2N2O4/c1-6-28-21(30)11-15(2)19-13-20(24(27)25(33-5)23(19)26)16(3)12-22(31)29-14-17-7-9-18(32-4)10-8-17/h7-13H,6,14H2,1-5H3,(H,28,30)(H,29,31)/b15-11-,16-12+. The summed E-state index contributed by atoms with van der Waals surface area (Å²) in [6.45, 7) is 6.26. The third-order valence-corrected chi connectivity index (χ3v) is 5.64. The molecule has 2 aromatic rings. The third kappa shape index (κ3) is 7.01. The van der Waals surface area contributed by atoms with Crippen LogP contribution in [0.5, 0.6) is 11.5 Å². The monoisotopic (exact) mass is 490 g/mol. The van der Waals surface area contributed by atoms with Gasteiger partial charge >= 0.3 is 0 Å². The lowest BCUT2D eigenvalue weighted by Gasteiger charge is -2.16. The zero-order valence-corrected chi connectivity index (χ0v) is 20.9. The molecule has 2 amide bonds. The Morgan fingerprint density at radius 1 is 0.879 bits per heavy atom. The van der Waals surface area contributed by atoms with Crippen LogP contribution in [-0.2, 0) is 16.1 Å². The van der Waals surface area contributed by atoms with Gasteiger partial charge in [0.05, 0.1) is 24.3 Å². The number of carbonyl (C=O) groups excluding carboxylic acids is 2. The average Bonchev–Trinajstić information content (AvgIpc) is 2.78. The minimum atomic E-state index is -0.274. The molecule has 176 valence electrons. The lowest BCUT2D eigenvalue weighted by molar-refractivity contribution is -0.117. The van der Waals surface area contributed by atoms with Crippen molar-refractivity contribution in [2.24, 2.45) is 0 Å². The maximum atomic E-state index is 12.5. The summed E-state index contributed by atoms with van der Waals surface area (Å²) in [5.41, 5.74) is 3.37. The Kier molecular flexibility index (Phi) is 9.82. The van der Waals surface area contributed by atoms with Gasteiger partial charge < -0.3 is 20.1 Å². The van der Waals surface area contributed by atoms with Crippen molar-refractivity contribution >= 4 is 46.2 Å². The smallest absolute Gasteiger partial charge is 0.244 e. The molecule has 0 radical (unpaired) electrons. The van der Waals surface area contributed by atoms with Crippen molar-refractivity contribution in [1.82, 2.24) is 10.6 Å². The van der Waals surface area contributed by atoms with Crippen LogP contribution in [0.2, 0.25) is 10.0 Å². The second-order valence-corrected chi connectivity index (χ2v) is 8.00. The summed E-state index contributed by atoms with van der Waals surface area (Å²) >= 11 is 13.0. The van der Waals surface area contributed by atoms with Gasteiger partial charge in [0, 0.05) is 36.4 Å². The molecule has 2 aromatic carbocycles. The molecular weight excluding hydrogens is 463 g/mol. The van der Waals surface area contributed by atoms with E-state index in [1.807, 2.05) is 31.2 Å². The van der Waals surface area contributed by atoms with Crippen LogP contribution in [-0.4, -0.2) is 32.6 Å². The number of allylic oxidation sites excluding steroid dienone is 2. The fourth-order valence-corrected chi connectivity index (χ4v) is 3.92. The molecule has 0 fully saturated rings. The van der Waals surface area contributed by atoms with Crippen molar-refractivity contribution < 1.29 is 19.1 Å². The number of halogens is 2. The van der Waals surface area contributed by atoms with Crippen molar-refractivity contribution in [2.45, 2.75) is 27.3 Å². The number of nitrogens with one attached hydrogen (secondary N) is 2. The van der Waals surface area contributed by atoms with E-state index in [9.17, 15) is 9.59 Å². The largest absolute Gasteiger partial charge is 0.497 e. The Bertz CT molecular complexity index is 1080. The Morgan fingerprint density at radius 3 is 1.85 bits per heavy atom. The first-order valence-electron chi connectivity index (χ1n) is 10.3. The van der Waals surface area contributed by atoms with Crippen LogP contribution in [0.3, 0.4) is 0 Å². The van der Waals surface area contributed by atoms with E-state index in [4.69, 9.17) is 32.7 Å². The van der Waals surface area contributed by atoms with Crippen LogP contribution in [0.4, 0.5) is 0 Å². The van der Waals surface area contributed by atoms with E-state index in [1.54, 1.807) is 27.0 Å². The molecule has 0 aliphatic carbocycles. The van der Waals surface area contributed by atoms with Crippen molar-refractivity contribution in [2.75, 3.05) is 20.8 Å². The van der Waals surface area contributed by atoms with Gasteiger partial charge in [0.25, 0.3) is 0 Å². The van der Waals surface area contributed by atoms with Gasteiger partial charge in [0.2, 0.25) is 11.8 Å². The van der Waals surface area contributed by atoms with Gasteiger partial charge in [0.15, 0.2) is 5.75 Å². The quantitative estimate of drug-likeness (QED) is 0.469.